The van der Waals surface area contributed by atoms with E-state index in [2.05, 4.69) is 13.8 Å². The van der Waals surface area contributed by atoms with E-state index in [9.17, 15) is 13.8 Å². The minimum Gasteiger partial charge on any atom is -0.458 e. The summed E-state index contributed by atoms with van der Waals surface area (Å²) in [6, 6.07) is 0. The van der Waals surface area contributed by atoms with Gasteiger partial charge in [0.05, 0.1) is 6.10 Å². The van der Waals surface area contributed by atoms with Crippen molar-refractivity contribution in [3.05, 3.63) is 11.6 Å². The van der Waals surface area contributed by atoms with Gasteiger partial charge in [-0.3, -0.25) is 13.8 Å². The number of ether oxygens (including phenoxy) is 2. The third kappa shape index (κ3) is 2.06. The summed E-state index contributed by atoms with van der Waals surface area (Å²) in [7, 11) is -0.963. The van der Waals surface area contributed by atoms with Crippen molar-refractivity contribution in [3.8, 4) is 0 Å². The number of rotatable bonds is 2. The van der Waals surface area contributed by atoms with Gasteiger partial charge in [0.25, 0.3) is 0 Å². The van der Waals surface area contributed by atoms with Gasteiger partial charge in [-0.2, -0.15) is 0 Å². The highest BCUT2D eigenvalue weighted by atomic mass is 32.2. The third-order valence-electron chi connectivity index (χ3n) is 10.3. The molecule has 5 unspecified atom stereocenters. The number of carbonyl (C=O) groups is 2. The SMILES string of the molecule is CCS(=O)[C@@H]1CC2=CC(=O)CCC2(C)[C@@]23O[C@H]2CC2(C)C(CC[C@@]24CCC(=O)O4)C13. The first kappa shape index (κ1) is 19.7. The number of carbonyl (C=O) groups excluding carboxylic acids is 2. The largest absolute Gasteiger partial charge is 0.458 e. The minimum atomic E-state index is -0.963. The summed E-state index contributed by atoms with van der Waals surface area (Å²) >= 11 is 0. The lowest BCUT2D eigenvalue weighted by Gasteiger charge is -2.58. The van der Waals surface area contributed by atoms with Crippen LogP contribution in [0.1, 0.15) is 72.1 Å². The first-order valence-electron chi connectivity index (χ1n) is 11.7. The molecule has 0 aromatic rings. The number of epoxide rings is 1. The summed E-state index contributed by atoms with van der Waals surface area (Å²) in [5.74, 6) is 1.32. The third-order valence-corrected chi connectivity index (χ3v) is 12.0. The van der Waals surface area contributed by atoms with Crippen molar-refractivity contribution < 1.29 is 23.3 Å². The van der Waals surface area contributed by atoms with Crippen LogP contribution in [-0.2, 0) is 29.9 Å². The molecule has 164 valence electrons. The minimum absolute atomic E-state index is 0.0158. The molecule has 2 aliphatic heterocycles. The van der Waals surface area contributed by atoms with Gasteiger partial charge in [0.1, 0.15) is 11.2 Å². The Morgan fingerprint density at radius 1 is 1.17 bits per heavy atom. The quantitative estimate of drug-likeness (QED) is 0.493. The second-order valence-electron chi connectivity index (χ2n) is 11.0. The van der Waals surface area contributed by atoms with Gasteiger partial charge in [0, 0.05) is 51.4 Å². The monoisotopic (exact) mass is 432 g/mol. The predicted octanol–water partition coefficient (Wildman–Crippen LogP) is 3.47. The second-order valence-corrected chi connectivity index (χ2v) is 13.0. The smallest absolute Gasteiger partial charge is 0.306 e. The molecule has 5 nitrogen and oxygen atoms in total. The summed E-state index contributed by atoms with van der Waals surface area (Å²) in [5.41, 5.74) is 0.241. The first-order chi connectivity index (χ1) is 14.2. The molecule has 2 heterocycles. The van der Waals surface area contributed by atoms with Crippen LogP contribution in [0.15, 0.2) is 11.6 Å². The molecule has 0 radical (unpaired) electrons. The molecule has 3 saturated carbocycles. The fourth-order valence-electron chi connectivity index (χ4n) is 8.71. The Bertz CT molecular complexity index is 911. The number of fused-ring (bicyclic) bond motifs is 4. The van der Waals surface area contributed by atoms with Crippen LogP contribution in [0.3, 0.4) is 0 Å². The van der Waals surface area contributed by atoms with Crippen LogP contribution in [0.5, 0.6) is 0 Å². The molecule has 6 aliphatic rings. The van der Waals surface area contributed by atoms with Gasteiger partial charge in [-0.1, -0.05) is 26.3 Å². The molecule has 4 aliphatic carbocycles. The summed E-state index contributed by atoms with van der Waals surface area (Å²) in [5, 5.41) is 0.0158. The first-order valence-corrected chi connectivity index (χ1v) is 13.1. The molecule has 2 saturated heterocycles. The number of esters is 1. The summed E-state index contributed by atoms with van der Waals surface area (Å²) < 4.78 is 26.1. The number of hydrogen-bond acceptors (Lipinski definition) is 5. The Balaban J connectivity index is 1.49. The second kappa shape index (κ2) is 5.86. The molecular formula is C24H32O5S. The van der Waals surface area contributed by atoms with Gasteiger partial charge < -0.3 is 9.47 Å². The van der Waals surface area contributed by atoms with Gasteiger partial charge in [-0.15, -0.1) is 0 Å². The molecule has 2 spiro atoms. The van der Waals surface area contributed by atoms with E-state index in [0.717, 1.165) is 38.5 Å². The molecule has 9 atom stereocenters. The summed E-state index contributed by atoms with van der Waals surface area (Å²) in [6.45, 7) is 6.62. The zero-order valence-electron chi connectivity index (χ0n) is 18.2. The van der Waals surface area contributed by atoms with E-state index in [4.69, 9.17) is 9.47 Å². The zero-order valence-corrected chi connectivity index (χ0v) is 19.0. The highest BCUT2D eigenvalue weighted by molar-refractivity contribution is 7.85. The molecule has 0 bridgehead atoms. The highest BCUT2D eigenvalue weighted by Crippen LogP contribution is 2.77. The average Bonchev–Trinajstić information content (AvgIpc) is 3.20. The Labute approximate surface area is 180 Å². The van der Waals surface area contributed by atoms with Crippen LogP contribution < -0.4 is 0 Å². The molecule has 0 N–H and O–H groups in total. The summed E-state index contributed by atoms with van der Waals surface area (Å²) in [4.78, 5) is 24.4. The van der Waals surface area contributed by atoms with Crippen LogP contribution in [0.25, 0.3) is 0 Å². The van der Waals surface area contributed by atoms with E-state index >= 15 is 0 Å². The Kier molecular flexibility index (Phi) is 3.84. The van der Waals surface area contributed by atoms with Crippen LogP contribution in [-0.4, -0.2) is 44.3 Å². The van der Waals surface area contributed by atoms with Gasteiger partial charge in [-0.05, 0) is 50.5 Å². The zero-order chi connectivity index (χ0) is 21.1. The lowest BCUT2D eigenvalue weighted by Crippen LogP contribution is -2.64. The Morgan fingerprint density at radius 2 is 1.97 bits per heavy atom. The van der Waals surface area contributed by atoms with Gasteiger partial charge >= 0.3 is 5.97 Å². The Morgan fingerprint density at radius 3 is 2.67 bits per heavy atom. The molecule has 6 heteroatoms. The lowest BCUT2D eigenvalue weighted by atomic mass is 9.46. The maximum absolute atomic E-state index is 13.4. The molecule has 0 aromatic carbocycles. The van der Waals surface area contributed by atoms with Crippen molar-refractivity contribution in [1.82, 2.24) is 0 Å². The van der Waals surface area contributed by atoms with Crippen LogP contribution in [0.4, 0.5) is 0 Å². The molecule has 6 rings (SSSR count). The Hall–Kier alpha value is -1.01. The van der Waals surface area contributed by atoms with E-state index in [1.807, 2.05) is 13.0 Å². The van der Waals surface area contributed by atoms with E-state index < -0.39 is 10.8 Å². The number of hydrogen-bond donors (Lipinski definition) is 0. The average molecular weight is 433 g/mol. The van der Waals surface area contributed by atoms with Crippen molar-refractivity contribution in [2.24, 2.45) is 22.7 Å². The van der Waals surface area contributed by atoms with Crippen molar-refractivity contribution in [1.29, 1.82) is 0 Å². The lowest BCUT2D eigenvalue weighted by molar-refractivity contribution is -0.164. The van der Waals surface area contributed by atoms with Gasteiger partial charge in [-0.25, -0.2) is 0 Å². The fraction of sp³-hybridized carbons (Fsp3) is 0.833. The maximum atomic E-state index is 13.4. The molecule has 5 fully saturated rings. The van der Waals surface area contributed by atoms with Crippen molar-refractivity contribution in [3.63, 3.8) is 0 Å². The van der Waals surface area contributed by atoms with Crippen molar-refractivity contribution in [2.75, 3.05) is 5.75 Å². The van der Waals surface area contributed by atoms with E-state index in [1.54, 1.807) is 0 Å². The predicted molar refractivity (Wildman–Crippen MR) is 112 cm³/mol. The molecule has 30 heavy (non-hydrogen) atoms. The normalized spacial score (nSPS) is 54.6. The molecule has 0 aromatic heterocycles. The standard InChI is InChI=1S/C24H32O5S/c1-4-30(27)17-12-14-11-15(25)5-8-21(14,2)24-18(28-24)13-22(3)16(20(17)24)6-9-23(22)10-7-19(26)29-23/h11,16-18,20H,4-10,12-13H2,1-3H3/t16?,17-,18+,20?,21?,22?,23-,24-,30?/m1/s1. The van der Waals surface area contributed by atoms with Crippen LogP contribution >= 0.6 is 0 Å². The van der Waals surface area contributed by atoms with E-state index in [1.165, 1.54) is 5.57 Å². The highest BCUT2D eigenvalue weighted by Gasteiger charge is 2.83. The van der Waals surface area contributed by atoms with Crippen molar-refractivity contribution in [2.45, 2.75) is 94.7 Å². The van der Waals surface area contributed by atoms with Gasteiger partial charge in [0.15, 0.2) is 5.78 Å². The fourth-order valence-corrected chi connectivity index (χ4v) is 10.2. The van der Waals surface area contributed by atoms with E-state index in [0.29, 0.717) is 24.5 Å². The van der Waals surface area contributed by atoms with Crippen LogP contribution in [0.2, 0.25) is 0 Å². The van der Waals surface area contributed by atoms with Crippen LogP contribution in [0, 0.1) is 22.7 Å². The number of ketones is 1. The molecular weight excluding hydrogens is 400 g/mol. The summed E-state index contributed by atoms with van der Waals surface area (Å²) in [6.07, 6.45) is 8.28. The van der Waals surface area contributed by atoms with E-state index in [-0.39, 0.29) is 51.1 Å². The topological polar surface area (TPSA) is 73.0 Å². The maximum Gasteiger partial charge on any atom is 0.306 e. The molecule has 0 amide bonds. The van der Waals surface area contributed by atoms with Crippen molar-refractivity contribution >= 4 is 22.6 Å². The van der Waals surface area contributed by atoms with Gasteiger partial charge in [0.2, 0.25) is 0 Å².